The molecule has 4 heteroatoms. The monoisotopic (exact) mass is 273 g/mol. The molecule has 1 rings (SSSR count). The Bertz CT molecular complexity index is 242. The summed E-state index contributed by atoms with van der Waals surface area (Å²) < 4.78 is 11.4. The van der Waals surface area contributed by atoms with E-state index in [2.05, 4.69) is 19.2 Å². The minimum absolute atomic E-state index is 0.0370. The fraction of sp³-hybridized carbons (Fsp3) is 1.00. The highest BCUT2D eigenvalue weighted by Crippen LogP contribution is 2.31. The fourth-order valence-electron chi connectivity index (χ4n) is 2.61. The molecule has 2 atom stereocenters. The van der Waals surface area contributed by atoms with Crippen molar-refractivity contribution in [3.8, 4) is 0 Å². The van der Waals surface area contributed by atoms with E-state index in [0.717, 1.165) is 32.3 Å². The molecule has 0 amide bonds. The third kappa shape index (κ3) is 5.78. The molecule has 0 saturated carbocycles. The highest BCUT2D eigenvalue weighted by molar-refractivity contribution is 4.88. The van der Waals surface area contributed by atoms with E-state index in [1.54, 1.807) is 0 Å². The Morgan fingerprint density at radius 1 is 1.37 bits per heavy atom. The molecule has 2 N–H and O–H groups in total. The van der Waals surface area contributed by atoms with E-state index in [0.29, 0.717) is 19.2 Å². The van der Waals surface area contributed by atoms with Crippen LogP contribution in [0.3, 0.4) is 0 Å². The van der Waals surface area contributed by atoms with Gasteiger partial charge in [-0.2, -0.15) is 0 Å². The molecule has 0 aliphatic carbocycles. The van der Waals surface area contributed by atoms with Crippen molar-refractivity contribution < 1.29 is 14.6 Å². The zero-order valence-electron chi connectivity index (χ0n) is 12.9. The average molecular weight is 273 g/mol. The van der Waals surface area contributed by atoms with Gasteiger partial charge >= 0.3 is 0 Å². The molecule has 1 heterocycles. The van der Waals surface area contributed by atoms with Crippen LogP contribution in [-0.4, -0.2) is 48.7 Å². The molecule has 114 valence electrons. The van der Waals surface area contributed by atoms with Gasteiger partial charge in [-0.05, 0) is 39.5 Å². The first-order chi connectivity index (χ1) is 9.01. The van der Waals surface area contributed by atoms with Crippen LogP contribution in [0.1, 0.15) is 53.4 Å². The lowest BCUT2D eigenvalue weighted by Crippen LogP contribution is -2.48. The maximum absolute atomic E-state index is 9.85. The van der Waals surface area contributed by atoms with E-state index in [9.17, 15) is 5.11 Å². The number of aliphatic hydroxyl groups excluding tert-OH is 1. The number of hydrogen-bond donors (Lipinski definition) is 2. The molecule has 1 aliphatic rings. The maximum atomic E-state index is 9.85. The minimum Gasteiger partial charge on any atom is -0.389 e. The standard InChI is InChI=1S/C15H31NO3/c1-5-15(6-2)9-13(7-8-19-15)16-10-14(17)11-18-12(3)4/h12-14,16-17H,5-11H2,1-4H3. The van der Waals surface area contributed by atoms with Gasteiger partial charge in [0.25, 0.3) is 0 Å². The molecular weight excluding hydrogens is 242 g/mol. The van der Waals surface area contributed by atoms with Gasteiger partial charge in [-0.3, -0.25) is 0 Å². The van der Waals surface area contributed by atoms with Crippen molar-refractivity contribution >= 4 is 0 Å². The van der Waals surface area contributed by atoms with Gasteiger partial charge in [0.1, 0.15) is 0 Å². The number of ether oxygens (including phenoxy) is 2. The van der Waals surface area contributed by atoms with Crippen molar-refractivity contribution in [2.24, 2.45) is 0 Å². The molecule has 0 radical (unpaired) electrons. The van der Waals surface area contributed by atoms with Gasteiger partial charge in [0.2, 0.25) is 0 Å². The first kappa shape index (κ1) is 16.9. The summed E-state index contributed by atoms with van der Waals surface area (Å²) in [5.74, 6) is 0. The van der Waals surface area contributed by atoms with Crippen LogP contribution in [0, 0.1) is 0 Å². The molecule has 0 aromatic rings. The molecule has 0 aromatic heterocycles. The normalized spacial score (nSPS) is 24.6. The summed E-state index contributed by atoms with van der Waals surface area (Å²) in [7, 11) is 0. The van der Waals surface area contributed by atoms with Crippen molar-refractivity contribution in [1.29, 1.82) is 0 Å². The summed E-state index contributed by atoms with van der Waals surface area (Å²) >= 11 is 0. The summed E-state index contributed by atoms with van der Waals surface area (Å²) in [6, 6.07) is 0.447. The minimum atomic E-state index is -0.428. The molecule has 1 fully saturated rings. The first-order valence-electron chi connectivity index (χ1n) is 7.68. The van der Waals surface area contributed by atoms with E-state index in [4.69, 9.17) is 9.47 Å². The largest absolute Gasteiger partial charge is 0.389 e. The van der Waals surface area contributed by atoms with Gasteiger partial charge < -0.3 is 19.9 Å². The van der Waals surface area contributed by atoms with Crippen LogP contribution in [0.25, 0.3) is 0 Å². The third-order valence-electron chi connectivity index (χ3n) is 4.05. The topological polar surface area (TPSA) is 50.7 Å². The molecular formula is C15H31NO3. The van der Waals surface area contributed by atoms with Crippen molar-refractivity contribution in [3.05, 3.63) is 0 Å². The summed E-state index contributed by atoms with van der Waals surface area (Å²) in [6.07, 6.45) is 3.92. The summed E-state index contributed by atoms with van der Waals surface area (Å²) in [5.41, 5.74) is 0.0370. The lowest BCUT2D eigenvalue weighted by molar-refractivity contribution is -0.0943. The lowest BCUT2D eigenvalue weighted by atomic mass is 9.86. The third-order valence-corrected chi connectivity index (χ3v) is 4.05. The second-order valence-electron chi connectivity index (χ2n) is 5.87. The highest BCUT2D eigenvalue weighted by Gasteiger charge is 2.34. The quantitative estimate of drug-likeness (QED) is 0.711. The SMILES string of the molecule is CCC1(CC)CC(NCC(O)COC(C)C)CCO1. The van der Waals surface area contributed by atoms with Crippen molar-refractivity contribution in [2.75, 3.05) is 19.8 Å². The summed E-state index contributed by atoms with van der Waals surface area (Å²) in [4.78, 5) is 0. The van der Waals surface area contributed by atoms with Crippen LogP contribution in [0.2, 0.25) is 0 Å². The molecule has 0 spiro atoms. The van der Waals surface area contributed by atoms with Crippen LogP contribution in [0.4, 0.5) is 0 Å². The van der Waals surface area contributed by atoms with E-state index in [1.165, 1.54) is 0 Å². The Kier molecular flexibility index (Phi) is 7.29. The highest BCUT2D eigenvalue weighted by atomic mass is 16.5. The van der Waals surface area contributed by atoms with Gasteiger partial charge in [-0.1, -0.05) is 13.8 Å². The lowest BCUT2D eigenvalue weighted by Gasteiger charge is -2.40. The number of hydrogen-bond acceptors (Lipinski definition) is 4. The average Bonchev–Trinajstić information content (AvgIpc) is 2.43. The zero-order chi connectivity index (χ0) is 14.3. The smallest absolute Gasteiger partial charge is 0.0897 e. The van der Waals surface area contributed by atoms with Crippen LogP contribution >= 0.6 is 0 Å². The van der Waals surface area contributed by atoms with Crippen molar-refractivity contribution in [1.82, 2.24) is 5.32 Å². The predicted molar refractivity (Wildman–Crippen MR) is 77.4 cm³/mol. The van der Waals surface area contributed by atoms with Gasteiger partial charge in [0.15, 0.2) is 0 Å². The van der Waals surface area contributed by atoms with Gasteiger partial charge in [0, 0.05) is 19.2 Å². The molecule has 19 heavy (non-hydrogen) atoms. The van der Waals surface area contributed by atoms with E-state index in [1.807, 2.05) is 13.8 Å². The first-order valence-corrected chi connectivity index (χ1v) is 7.68. The Morgan fingerprint density at radius 3 is 2.63 bits per heavy atom. The van der Waals surface area contributed by atoms with E-state index < -0.39 is 6.10 Å². The van der Waals surface area contributed by atoms with Gasteiger partial charge in [-0.25, -0.2) is 0 Å². The van der Waals surface area contributed by atoms with Crippen LogP contribution < -0.4 is 5.32 Å². The number of aliphatic hydroxyl groups is 1. The molecule has 0 bridgehead atoms. The zero-order valence-corrected chi connectivity index (χ0v) is 12.9. The van der Waals surface area contributed by atoms with Crippen LogP contribution in [-0.2, 0) is 9.47 Å². The second-order valence-corrected chi connectivity index (χ2v) is 5.87. The van der Waals surface area contributed by atoms with Crippen LogP contribution in [0.5, 0.6) is 0 Å². The van der Waals surface area contributed by atoms with Crippen LogP contribution in [0.15, 0.2) is 0 Å². The molecule has 1 aliphatic heterocycles. The fourth-order valence-corrected chi connectivity index (χ4v) is 2.61. The molecule has 1 saturated heterocycles. The predicted octanol–water partition coefficient (Wildman–Crippen LogP) is 2.10. The van der Waals surface area contributed by atoms with Crippen molar-refractivity contribution in [2.45, 2.75) is 77.2 Å². The molecule has 4 nitrogen and oxygen atoms in total. The Balaban J connectivity index is 2.29. The van der Waals surface area contributed by atoms with Crippen molar-refractivity contribution in [3.63, 3.8) is 0 Å². The Morgan fingerprint density at radius 2 is 2.05 bits per heavy atom. The number of rotatable bonds is 8. The number of nitrogens with one attached hydrogen (secondary N) is 1. The maximum Gasteiger partial charge on any atom is 0.0897 e. The Labute approximate surface area is 117 Å². The summed E-state index contributed by atoms with van der Waals surface area (Å²) in [6.45, 7) is 10.2. The van der Waals surface area contributed by atoms with Gasteiger partial charge in [0.05, 0.1) is 24.4 Å². The second kappa shape index (κ2) is 8.20. The van der Waals surface area contributed by atoms with Gasteiger partial charge in [-0.15, -0.1) is 0 Å². The molecule has 0 aromatic carbocycles. The Hall–Kier alpha value is -0.160. The van der Waals surface area contributed by atoms with E-state index >= 15 is 0 Å². The summed E-state index contributed by atoms with van der Waals surface area (Å²) in [5, 5.41) is 13.3. The van der Waals surface area contributed by atoms with E-state index in [-0.39, 0.29) is 11.7 Å². The molecule has 2 unspecified atom stereocenters.